The first kappa shape index (κ1) is 30.4. The third-order valence-electron chi connectivity index (χ3n) is 9.52. The van der Waals surface area contributed by atoms with E-state index in [4.69, 9.17) is 9.97 Å². The summed E-state index contributed by atoms with van der Waals surface area (Å²) >= 11 is 0. The van der Waals surface area contributed by atoms with Crippen molar-refractivity contribution in [2.45, 2.75) is 6.92 Å². The van der Waals surface area contributed by atoms with Crippen molar-refractivity contribution in [3.63, 3.8) is 0 Å². The Morgan fingerprint density at radius 2 is 0.961 bits per heavy atom. The standard InChI is InChI=1S/C47H32FN3/c1-31-16-25-46-42(26-31)41-14-8-9-15-45(41)51(46)40-23-19-33(20-24-40)37-27-36(32-10-4-2-5-11-32)28-38(29-37)44-30-43(34-12-6-3-7-13-34)49-47(50-44)35-17-21-39(48)22-18-35/h2-30H,1H3. The van der Waals surface area contributed by atoms with Crippen LogP contribution in [0.3, 0.4) is 0 Å². The first-order valence-corrected chi connectivity index (χ1v) is 17.1. The summed E-state index contributed by atoms with van der Waals surface area (Å²) in [6.45, 7) is 2.14. The van der Waals surface area contributed by atoms with Crippen molar-refractivity contribution in [3.8, 4) is 61.8 Å². The number of hydrogen-bond donors (Lipinski definition) is 0. The van der Waals surface area contributed by atoms with E-state index in [1.54, 1.807) is 12.1 Å². The highest BCUT2D eigenvalue weighted by atomic mass is 19.1. The molecule has 0 bridgehead atoms. The number of para-hydroxylation sites is 1. The van der Waals surface area contributed by atoms with Gasteiger partial charge in [0.2, 0.25) is 0 Å². The van der Waals surface area contributed by atoms with E-state index >= 15 is 0 Å². The van der Waals surface area contributed by atoms with Crippen LogP contribution in [0.4, 0.5) is 4.39 Å². The summed E-state index contributed by atoms with van der Waals surface area (Å²) in [7, 11) is 0. The smallest absolute Gasteiger partial charge is 0.160 e. The van der Waals surface area contributed by atoms with E-state index in [0.717, 1.165) is 56.0 Å². The number of aryl methyl sites for hydroxylation is 1. The number of halogens is 1. The fourth-order valence-corrected chi connectivity index (χ4v) is 6.99. The second-order valence-electron chi connectivity index (χ2n) is 12.9. The van der Waals surface area contributed by atoms with Crippen LogP contribution in [-0.4, -0.2) is 14.5 Å². The average Bonchev–Trinajstić information content (AvgIpc) is 3.52. The monoisotopic (exact) mass is 657 g/mol. The second-order valence-corrected chi connectivity index (χ2v) is 12.9. The van der Waals surface area contributed by atoms with Gasteiger partial charge in [0.15, 0.2) is 5.82 Å². The lowest BCUT2D eigenvalue weighted by Crippen LogP contribution is -1.97. The minimum atomic E-state index is -0.294. The highest BCUT2D eigenvalue weighted by molar-refractivity contribution is 6.09. The number of fused-ring (bicyclic) bond motifs is 3. The molecule has 3 nitrogen and oxygen atoms in total. The number of aromatic nitrogens is 3. The van der Waals surface area contributed by atoms with Crippen LogP contribution in [0.15, 0.2) is 176 Å². The van der Waals surface area contributed by atoms with Gasteiger partial charge in [-0.15, -0.1) is 0 Å². The van der Waals surface area contributed by atoms with Gasteiger partial charge >= 0.3 is 0 Å². The van der Waals surface area contributed by atoms with Gasteiger partial charge < -0.3 is 4.57 Å². The van der Waals surface area contributed by atoms with Crippen LogP contribution >= 0.6 is 0 Å². The lowest BCUT2D eigenvalue weighted by atomic mass is 9.94. The SMILES string of the molecule is Cc1ccc2c(c1)c1ccccc1n2-c1ccc(-c2cc(-c3ccccc3)cc(-c3cc(-c4ccccc4)nc(-c4ccc(F)cc4)n3)c2)cc1. The highest BCUT2D eigenvalue weighted by Crippen LogP contribution is 2.37. The molecular formula is C47H32FN3. The van der Waals surface area contributed by atoms with Gasteiger partial charge in [0.25, 0.3) is 0 Å². The molecule has 0 saturated heterocycles. The minimum absolute atomic E-state index is 0.294. The Morgan fingerprint density at radius 3 is 1.67 bits per heavy atom. The van der Waals surface area contributed by atoms with Gasteiger partial charge in [-0.2, -0.15) is 0 Å². The summed E-state index contributed by atoms with van der Waals surface area (Å²) in [6.07, 6.45) is 0. The maximum atomic E-state index is 13.9. The fraction of sp³-hybridized carbons (Fsp3) is 0.0213. The van der Waals surface area contributed by atoms with Crippen molar-refractivity contribution in [1.29, 1.82) is 0 Å². The zero-order valence-electron chi connectivity index (χ0n) is 28.0. The number of benzene rings is 7. The minimum Gasteiger partial charge on any atom is -0.309 e. The van der Waals surface area contributed by atoms with Crippen molar-refractivity contribution >= 4 is 21.8 Å². The molecule has 2 aromatic heterocycles. The van der Waals surface area contributed by atoms with Crippen LogP contribution in [0.2, 0.25) is 0 Å². The molecule has 51 heavy (non-hydrogen) atoms. The van der Waals surface area contributed by atoms with E-state index in [-0.39, 0.29) is 5.82 Å². The molecule has 9 rings (SSSR count). The third-order valence-corrected chi connectivity index (χ3v) is 9.52. The van der Waals surface area contributed by atoms with Crippen LogP contribution in [-0.2, 0) is 0 Å². The Labute approximate surface area is 296 Å². The highest BCUT2D eigenvalue weighted by Gasteiger charge is 2.15. The molecule has 9 aromatic rings. The van der Waals surface area contributed by atoms with Gasteiger partial charge in [0, 0.05) is 33.2 Å². The summed E-state index contributed by atoms with van der Waals surface area (Å²) in [4.78, 5) is 10.0. The first-order chi connectivity index (χ1) is 25.1. The Balaban J connectivity index is 1.20. The maximum absolute atomic E-state index is 13.9. The van der Waals surface area contributed by atoms with E-state index in [1.165, 1.54) is 39.5 Å². The van der Waals surface area contributed by atoms with Gasteiger partial charge in [-0.1, -0.05) is 103 Å². The molecule has 0 unspecified atom stereocenters. The molecule has 4 heteroatoms. The van der Waals surface area contributed by atoms with Gasteiger partial charge in [-0.3, -0.25) is 0 Å². The van der Waals surface area contributed by atoms with Gasteiger partial charge in [0.1, 0.15) is 5.82 Å². The lowest BCUT2D eigenvalue weighted by Gasteiger charge is -2.14. The summed E-state index contributed by atoms with van der Waals surface area (Å²) in [5.74, 6) is 0.251. The molecule has 0 atom stereocenters. The molecule has 0 amide bonds. The molecule has 0 spiro atoms. The van der Waals surface area contributed by atoms with Crippen LogP contribution in [0, 0.1) is 12.7 Å². The summed E-state index contributed by atoms with van der Waals surface area (Å²) in [5, 5.41) is 2.51. The van der Waals surface area contributed by atoms with Crippen LogP contribution in [0.5, 0.6) is 0 Å². The second kappa shape index (κ2) is 12.7. The molecule has 0 aliphatic carbocycles. The molecule has 0 N–H and O–H groups in total. The molecule has 0 aliphatic rings. The predicted molar refractivity (Wildman–Crippen MR) is 208 cm³/mol. The number of hydrogen-bond acceptors (Lipinski definition) is 2. The normalized spacial score (nSPS) is 11.3. The Bertz CT molecular complexity index is 2680. The Morgan fingerprint density at radius 1 is 0.412 bits per heavy atom. The zero-order chi connectivity index (χ0) is 34.3. The molecule has 0 fully saturated rings. The number of rotatable bonds is 6. The summed E-state index contributed by atoms with van der Waals surface area (Å²) in [5.41, 5.74) is 13.4. The van der Waals surface area contributed by atoms with Gasteiger partial charge in [0.05, 0.1) is 22.4 Å². The largest absolute Gasteiger partial charge is 0.309 e. The molecule has 7 aromatic carbocycles. The zero-order valence-corrected chi connectivity index (χ0v) is 28.0. The van der Waals surface area contributed by atoms with Crippen molar-refractivity contribution in [3.05, 3.63) is 187 Å². The van der Waals surface area contributed by atoms with E-state index in [9.17, 15) is 4.39 Å². The van der Waals surface area contributed by atoms with Crippen molar-refractivity contribution in [2.75, 3.05) is 0 Å². The van der Waals surface area contributed by atoms with E-state index in [2.05, 4.69) is 121 Å². The van der Waals surface area contributed by atoms with Crippen LogP contribution < -0.4 is 0 Å². The Kier molecular flexibility index (Phi) is 7.55. The third kappa shape index (κ3) is 5.77. The predicted octanol–water partition coefficient (Wildman–Crippen LogP) is 12.4. The summed E-state index contributed by atoms with van der Waals surface area (Å²) < 4.78 is 16.3. The molecule has 242 valence electrons. The quantitative estimate of drug-likeness (QED) is 0.178. The molecular weight excluding hydrogens is 626 g/mol. The van der Waals surface area contributed by atoms with E-state index in [1.807, 2.05) is 42.5 Å². The van der Waals surface area contributed by atoms with Crippen molar-refractivity contribution < 1.29 is 4.39 Å². The van der Waals surface area contributed by atoms with E-state index < -0.39 is 0 Å². The summed E-state index contributed by atoms with van der Waals surface area (Å²) in [6, 6.07) is 59.7. The average molecular weight is 658 g/mol. The lowest BCUT2D eigenvalue weighted by molar-refractivity contribution is 0.628. The molecule has 0 saturated carbocycles. The van der Waals surface area contributed by atoms with Crippen molar-refractivity contribution in [2.24, 2.45) is 0 Å². The fourth-order valence-electron chi connectivity index (χ4n) is 6.99. The molecule has 0 radical (unpaired) electrons. The van der Waals surface area contributed by atoms with Crippen LogP contribution in [0.1, 0.15) is 5.56 Å². The van der Waals surface area contributed by atoms with Crippen LogP contribution in [0.25, 0.3) is 83.6 Å². The van der Waals surface area contributed by atoms with Crippen molar-refractivity contribution in [1.82, 2.24) is 14.5 Å². The topological polar surface area (TPSA) is 30.7 Å². The van der Waals surface area contributed by atoms with Gasteiger partial charge in [-0.05, 0) is 108 Å². The number of nitrogens with zero attached hydrogens (tertiary/aromatic N) is 3. The van der Waals surface area contributed by atoms with Gasteiger partial charge in [-0.25, -0.2) is 14.4 Å². The molecule has 0 aliphatic heterocycles. The van der Waals surface area contributed by atoms with E-state index in [0.29, 0.717) is 5.82 Å². The molecule has 2 heterocycles. The first-order valence-electron chi connectivity index (χ1n) is 17.1. The maximum Gasteiger partial charge on any atom is 0.160 e. The Hall–Kier alpha value is -6.65.